The predicted octanol–water partition coefficient (Wildman–Crippen LogP) is 6.31. The van der Waals surface area contributed by atoms with E-state index in [1.165, 1.54) is 24.2 Å². The first-order valence-electron chi connectivity index (χ1n) is 30.2. The molecule has 5 rings (SSSR count). The van der Waals surface area contributed by atoms with Crippen LogP contribution in [0.5, 0.6) is 0 Å². The van der Waals surface area contributed by atoms with Crippen molar-refractivity contribution in [2.24, 2.45) is 17.8 Å². The fourth-order valence-corrected chi connectivity index (χ4v) is 11.9. The Morgan fingerprint density at radius 3 is 2.09 bits per heavy atom. The highest BCUT2D eigenvalue weighted by Crippen LogP contribution is 2.31. The molecule has 2 aromatic rings. The second-order valence-electron chi connectivity index (χ2n) is 23.2. The number of amides is 8. The molecule has 0 radical (unpaired) electrons. The van der Waals surface area contributed by atoms with Crippen LogP contribution in [0.25, 0.3) is 0 Å². The number of nitrogens with one attached hydrogen (secondary N) is 4. The molecule has 0 saturated carbocycles. The molecular formula is C63H96N8O11. The Hall–Kier alpha value is -6.02. The highest BCUT2D eigenvalue weighted by atomic mass is 16.5. The van der Waals surface area contributed by atoms with Gasteiger partial charge in [-0.25, -0.2) is 0 Å². The van der Waals surface area contributed by atoms with Gasteiger partial charge in [0, 0.05) is 84.2 Å². The number of benzene rings is 2. The molecule has 0 aliphatic carbocycles. The molecule has 0 aromatic heterocycles. The summed E-state index contributed by atoms with van der Waals surface area (Å²) in [5.74, 6) is -3.26. The van der Waals surface area contributed by atoms with Crippen molar-refractivity contribution in [2.45, 2.75) is 199 Å². The molecule has 19 heteroatoms. The first-order chi connectivity index (χ1) is 39.3. The largest absolute Gasteiger partial charge is 0.396 e. The summed E-state index contributed by atoms with van der Waals surface area (Å²) in [5, 5.41) is 21.3. The van der Waals surface area contributed by atoms with E-state index >= 15 is 0 Å². The molecule has 2 saturated heterocycles. The topological polar surface area (TPSA) is 236 Å². The molecule has 5 N–H and O–H groups in total. The van der Waals surface area contributed by atoms with Crippen LogP contribution in [-0.4, -0.2) is 168 Å². The highest BCUT2D eigenvalue weighted by molar-refractivity contribution is 6.12. The van der Waals surface area contributed by atoms with Gasteiger partial charge in [0.25, 0.3) is 11.8 Å². The Balaban J connectivity index is 1.20. The minimum absolute atomic E-state index is 0.0355. The van der Waals surface area contributed by atoms with Crippen molar-refractivity contribution >= 4 is 52.9 Å². The number of likely N-dealkylation sites (tertiary alicyclic amines) is 2. The molecule has 3 aliphatic heterocycles. The van der Waals surface area contributed by atoms with Gasteiger partial charge in [0.1, 0.15) is 12.1 Å². The van der Waals surface area contributed by atoms with Crippen LogP contribution < -0.4 is 21.3 Å². The minimum Gasteiger partial charge on any atom is -0.396 e. The summed E-state index contributed by atoms with van der Waals surface area (Å²) in [6.07, 6.45) is 11.7. The van der Waals surface area contributed by atoms with Crippen molar-refractivity contribution in [3.8, 4) is 0 Å². The van der Waals surface area contributed by atoms with Gasteiger partial charge in [-0.1, -0.05) is 103 Å². The van der Waals surface area contributed by atoms with Gasteiger partial charge in [-0.2, -0.15) is 0 Å². The van der Waals surface area contributed by atoms with Crippen LogP contribution in [0.1, 0.15) is 149 Å². The van der Waals surface area contributed by atoms with Gasteiger partial charge >= 0.3 is 0 Å². The van der Waals surface area contributed by atoms with Crippen LogP contribution in [0.3, 0.4) is 0 Å². The van der Waals surface area contributed by atoms with E-state index in [1.807, 2.05) is 58.0 Å². The maximum absolute atomic E-state index is 14.7. The monoisotopic (exact) mass is 1140 g/mol. The molecule has 2 aromatic carbocycles. The number of aliphatic hydroxyl groups is 1. The van der Waals surface area contributed by atoms with Crippen molar-refractivity contribution in [3.05, 3.63) is 77.9 Å². The van der Waals surface area contributed by atoms with Gasteiger partial charge in [-0.3, -0.25) is 48.2 Å². The van der Waals surface area contributed by atoms with E-state index in [9.17, 15) is 43.5 Å². The van der Waals surface area contributed by atoms with Gasteiger partial charge < -0.3 is 45.6 Å². The first kappa shape index (κ1) is 66.8. The number of ether oxygens (including phenoxy) is 2. The third kappa shape index (κ3) is 19.3. The van der Waals surface area contributed by atoms with E-state index in [0.29, 0.717) is 70.1 Å². The van der Waals surface area contributed by atoms with E-state index in [4.69, 9.17) is 9.47 Å². The average Bonchev–Trinajstić information content (AvgIpc) is 4.25. The number of hydrogen-bond donors (Lipinski definition) is 5. The second kappa shape index (κ2) is 33.9. The summed E-state index contributed by atoms with van der Waals surface area (Å²) in [4.78, 5) is 115. The zero-order chi connectivity index (χ0) is 59.9. The van der Waals surface area contributed by atoms with E-state index in [0.717, 1.165) is 56.2 Å². The van der Waals surface area contributed by atoms with Gasteiger partial charge in [-0.05, 0) is 106 Å². The number of unbranched alkanes of at least 4 members (excludes halogenated alkanes) is 5. The minimum atomic E-state index is -0.977. The SMILES string of the molecule is CC[C@H](C)[C@@H]([C@@H](CC(=O)N1CCC[C@H]1[C@H](OC)[C@@H](C)C(=O)N[C@@H](Cc1ccccc1)C(=O)Nc1ccc(CNC(=O)CCCCCN2C(=O)C=CC2=O)cc1)OC)N(C)C(=O)[C@@H](NC(=O)[C@@H]1CCC[C@@H](C)N1CCCCCCO)C(C)C. The summed E-state index contributed by atoms with van der Waals surface area (Å²) in [6.45, 7) is 13.9. The molecular weight excluding hydrogens is 1040 g/mol. The number of nitrogens with zero attached hydrogens (tertiary/aromatic N) is 4. The Morgan fingerprint density at radius 2 is 1.44 bits per heavy atom. The molecule has 2 fully saturated rings. The summed E-state index contributed by atoms with van der Waals surface area (Å²) < 4.78 is 12.2. The maximum atomic E-state index is 14.7. The molecule has 8 amide bonds. The van der Waals surface area contributed by atoms with Crippen LogP contribution in [0.4, 0.5) is 5.69 Å². The van der Waals surface area contributed by atoms with Crippen molar-refractivity contribution in [2.75, 3.05) is 52.8 Å². The van der Waals surface area contributed by atoms with Crippen LogP contribution in [-0.2, 0) is 60.8 Å². The van der Waals surface area contributed by atoms with Gasteiger partial charge in [0.2, 0.25) is 35.4 Å². The van der Waals surface area contributed by atoms with E-state index in [1.54, 1.807) is 55.1 Å². The lowest BCUT2D eigenvalue weighted by Crippen LogP contribution is -2.60. The molecule has 454 valence electrons. The third-order valence-corrected chi connectivity index (χ3v) is 17.0. The summed E-state index contributed by atoms with van der Waals surface area (Å²) >= 11 is 0. The summed E-state index contributed by atoms with van der Waals surface area (Å²) in [5.41, 5.74) is 2.16. The number of carbonyl (C=O) groups is 8. The van der Waals surface area contributed by atoms with Crippen molar-refractivity contribution < 1.29 is 52.9 Å². The van der Waals surface area contributed by atoms with Crippen LogP contribution >= 0.6 is 0 Å². The molecule has 0 bridgehead atoms. The molecule has 82 heavy (non-hydrogen) atoms. The second-order valence-corrected chi connectivity index (χ2v) is 23.2. The van der Waals surface area contributed by atoms with Crippen LogP contribution in [0.15, 0.2) is 66.7 Å². The Kier molecular flexibility index (Phi) is 27.6. The predicted molar refractivity (Wildman–Crippen MR) is 316 cm³/mol. The van der Waals surface area contributed by atoms with Crippen molar-refractivity contribution in [1.82, 2.24) is 35.6 Å². The summed E-state index contributed by atoms with van der Waals surface area (Å²) in [7, 11) is 4.82. The lowest BCUT2D eigenvalue weighted by atomic mass is 9.89. The van der Waals surface area contributed by atoms with Gasteiger partial charge in [0.15, 0.2) is 0 Å². The molecule has 10 atom stereocenters. The summed E-state index contributed by atoms with van der Waals surface area (Å²) in [6, 6.07) is 13.6. The smallest absolute Gasteiger partial charge is 0.253 e. The third-order valence-electron chi connectivity index (χ3n) is 17.0. The van der Waals surface area contributed by atoms with Crippen molar-refractivity contribution in [1.29, 1.82) is 0 Å². The maximum Gasteiger partial charge on any atom is 0.253 e. The zero-order valence-electron chi connectivity index (χ0n) is 50.4. The average molecular weight is 1140 g/mol. The molecule has 19 nitrogen and oxygen atoms in total. The number of imide groups is 1. The lowest BCUT2D eigenvalue weighted by Gasteiger charge is -2.42. The quantitative estimate of drug-likeness (QED) is 0.0383. The number of hydrogen-bond acceptors (Lipinski definition) is 12. The molecule has 0 spiro atoms. The fourth-order valence-electron chi connectivity index (χ4n) is 11.9. The standard InChI is InChI=1S/C63H96N8O11/c1-10-43(4)58(68(7)63(80)57(42(2)3)67-62(79)51-26-21-23-44(5)69(51)35-18-11-12-20-38-72)52(81-8)40-56(76)70-37-22-27-50(70)59(82-9)45(6)60(77)66-49(39-46-24-15-13-16-25-46)61(78)65-48-31-29-47(30-32-48)41-64-53(73)28-17-14-19-36-71-54(74)33-34-55(71)75/h13,15-16,24-25,29-34,42-45,49-52,57-59,72H,10-12,14,17-23,26-28,35-41H2,1-9H3,(H,64,73)(H,65,78)(H,66,77)(H,67,79)/t43-,44+,45+,49-,50-,51-,52+,57-,58-,59+/m0/s1. The lowest BCUT2D eigenvalue weighted by molar-refractivity contribution is -0.148. The first-order valence-corrected chi connectivity index (χ1v) is 30.2. The molecule has 0 unspecified atom stereocenters. The number of rotatable bonds is 34. The number of likely N-dealkylation sites (N-methyl/N-ethyl adjacent to an activating group) is 1. The van der Waals surface area contributed by atoms with Crippen LogP contribution in [0.2, 0.25) is 0 Å². The van der Waals surface area contributed by atoms with Gasteiger partial charge in [0.05, 0.1) is 42.7 Å². The van der Waals surface area contributed by atoms with E-state index < -0.39 is 54.1 Å². The number of piperidine rings is 1. The van der Waals surface area contributed by atoms with Gasteiger partial charge in [-0.15, -0.1) is 0 Å². The Bertz CT molecular complexity index is 2400. The number of anilines is 1. The zero-order valence-corrected chi connectivity index (χ0v) is 50.4. The van der Waals surface area contributed by atoms with Crippen LogP contribution in [0, 0.1) is 17.8 Å². The normalized spacial score (nSPS) is 20.0. The highest BCUT2D eigenvalue weighted by Gasteiger charge is 2.44. The number of carbonyl (C=O) groups excluding carboxylic acids is 8. The number of methoxy groups -OCH3 is 2. The number of aliphatic hydroxyl groups excluding tert-OH is 1. The Labute approximate surface area is 487 Å². The molecule has 3 aliphatic rings. The Morgan fingerprint density at radius 1 is 0.768 bits per heavy atom. The van der Waals surface area contributed by atoms with Crippen molar-refractivity contribution in [3.63, 3.8) is 0 Å². The molecule has 3 heterocycles. The van der Waals surface area contributed by atoms with E-state index in [2.05, 4.69) is 33.1 Å². The van der Waals surface area contributed by atoms with E-state index in [-0.39, 0.29) is 85.4 Å². The fraction of sp³-hybridized carbons (Fsp3) is 0.651.